The SMILES string of the molecule is CCCS[As](Br)(CCC)(CCC)CCC. The van der Waals surface area contributed by atoms with Crippen LogP contribution < -0.4 is 0 Å². The molecule has 0 N–H and O–H groups in total. The van der Waals surface area contributed by atoms with Gasteiger partial charge in [-0.25, -0.2) is 0 Å². The van der Waals surface area contributed by atoms with E-state index in [9.17, 15) is 0 Å². The van der Waals surface area contributed by atoms with Crippen LogP contribution in [0, 0.1) is 0 Å². The third kappa shape index (κ3) is 5.50. The molecule has 15 heavy (non-hydrogen) atoms. The summed E-state index contributed by atoms with van der Waals surface area (Å²) in [6, 6.07) is 0. The fourth-order valence-corrected chi connectivity index (χ4v) is 28.0. The first-order valence-corrected chi connectivity index (χ1v) is 18.0. The zero-order valence-electron chi connectivity index (χ0n) is 10.9. The van der Waals surface area contributed by atoms with E-state index in [4.69, 9.17) is 0 Å². The molecule has 0 radical (unpaired) electrons. The van der Waals surface area contributed by atoms with Crippen molar-refractivity contribution in [3.05, 3.63) is 0 Å². The molecule has 0 aliphatic carbocycles. The van der Waals surface area contributed by atoms with Crippen molar-refractivity contribution >= 4 is 33.4 Å². The number of halogens is 1. The topological polar surface area (TPSA) is 0 Å². The summed E-state index contributed by atoms with van der Waals surface area (Å²) in [5, 5.41) is 4.43. The van der Waals surface area contributed by atoms with Crippen LogP contribution in [0.5, 0.6) is 0 Å². The summed E-state index contributed by atoms with van der Waals surface area (Å²) in [5.41, 5.74) is 0. The van der Waals surface area contributed by atoms with Crippen LogP contribution in [0.3, 0.4) is 0 Å². The van der Waals surface area contributed by atoms with Gasteiger partial charge in [-0.15, -0.1) is 0 Å². The van der Waals surface area contributed by atoms with Crippen LogP contribution in [-0.2, 0) is 0 Å². The van der Waals surface area contributed by atoms with Gasteiger partial charge >= 0.3 is 108 Å². The molecule has 0 saturated heterocycles. The van der Waals surface area contributed by atoms with Gasteiger partial charge in [0.1, 0.15) is 0 Å². The zero-order chi connectivity index (χ0) is 11.8. The Hall–Kier alpha value is 1.39. The van der Waals surface area contributed by atoms with Crippen LogP contribution in [0.15, 0.2) is 0 Å². The van der Waals surface area contributed by atoms with E-state index in [2.05, 4.69) is 51.7 Å². The van der Waals surface area contributed by atoms with E-state index in [1.165, 1.54) is 47.1 Å². The Morgan fingerprint density at radius 1 is 0.800 bits per heavy atom. The van der Waals surface area contributed by atoms with E-state index in [1.54, 1.807) is 0 Å². The van der Waals surface area contributed by atoms with Gasteiger partial charge in [-0.2, -0.15) is 0 Å². The Labute approximate surface area is 108 Å². The summed E-state index contributed by atoms with van der Waals surface area (Å²) in [7, 11) is 0.198. The van der Waals surface area contributed by atoms with Crippen LogP contribution in [0.25, 0.3) is 0 Å². The van der Waals surface area contributed by atoms with Gasteiger partial charge in [-0.1, -0.05) is 0 Å². The number of hydrogen-bond acceptors (Lipinski definition) is 1. The zero-order valence-corrected chi connectivity index (χ0v) is 15.2. The molecule has 0 aromatic carbocycles. The first kappa shape index (κ1) is 16.4. The van der Waals surface area contributed by atoms with Crippen LogP contribution in [0.1, 0.15) is 53.4 Å². The molecule has 3 heteroatoms. The van der Waals surface area contributed by atoms with Crippen molar-refractivity contribution in [2.24, 2.45) is 0 Å². The van der Waals surface area contributed by atoms with Crippen molar-refractivity contribution in [1.29, 1.82) is 0 Å². The Morgan fingerprint density at radius 3 is 1.47 bits per heavy atom. The average molecular weight is 359 g/mol. The van der Waals surface area contributed by atoms with Gasteiger partial charge < -0.3 is 0 Å². The Morgan fingerprint density at radius 2 is 1.20 bits per heavy atom. The first-order valence-electron chi connectivity index (χ1n) is 6.42. The van der Waals surface area contributed by atoms with Gasteiger partial charge in [0.2, 0.25) is 0 Å². The number of rotatable bonds is 9. The van der Waals surface area contributed by atoms with E-state index in [0.717, 1.165) is 0 Å². The predicted molar refractivity (Wildman–Crippen MR) is 82.7 cm³/mol. The van der Waals surface area contributed by atoms with Crippen LogP contribution in [-0.4, -0.2) is 15.2 Å². The quantitative estimate of drug-likeness (QED) is 0.445. The van der Waals surface area contributed by atoms with E-state index in [-0.39, 0.29) is 0 Å². The average Bonchev–Trinajstić information content (AvgIpc) is 2.16. The molecule has 0 unspecified atom stereocenters. The van der Waals surface area contributed by atoms with Gasteiger partial charge in [-0.3, -0.25) is 0 Å². The van der Waals surface area contributed by atoms with Gasteiger partial charge in [0, 0.05) is 0 Å². The predicted octanol–water partition coefficient (Wildman–Crippen LogP) is 6.15. The molecule has 0 aromatic heterocycles. The third-order valence-corrected chi connectivity index (χ3v) is 29.8. The third-order valence-electron chi connectivity index (χ3n) is 2.76. The fraction of sp³-hybridized carbons (Fsp3) is 1.00. The van der Waals surface area contributed by atoms with E-state index in [1.807, 2.05) is 0 Å². The Balaban J connectivity index is 4.69. The summed E-state index contributed by atoms with van der Waals surface area (Å²) < 4.78 is 0. The Kier molecular flexibility index (Phi) is 8.37. The molecule has 0 spiro atoms. The molecule has 0 atom stereocenters. The second kappa shape index (κ2) is 7.66. The molecule has 0 aromatic rings. The molecular formula is C12H28AsBrS. The second-order valence-corrected chi connectivity index (χ2v) is 32.9. The van der Waals surface area contributed by atoms with Crippen LogP contribution >= 0.6 is 24.0 Å². The van der Waals surface area contributed by atoms with Crippen LogP contribution in [0.2, 0.25) is 15.6 Å². The van der Waals surface area contributed by atoms with Crippen molar-refractivity contribution < 1.29 is 0 Å². The molecule has 0 rings (SSSR count). The minimum absolute atomic E-state index is 1.32. The Bertz CT molecular complexity index is 153. The number of hydrogen-bond donors (Lipinski definition) is 0. The van der Waals surface area contributed by atoms with E-state index in [0.29, 0.717) is 0 Å². The summed E-state index contributed by atoms with van der Waals surface area (Å²) >= 11 is 4.32. The van der Waals surface area contributed by atoms with Crippen molar-refractivity contribution in [2.75, 3.05) is 5.75 Å². The van der Waals surface area contributed by atoms with Crippen molar-refractivity contribution in [2.45, 2.75) is 69.0 Å². The molecular weight excluding hydrogens is 331 g/mol. The summed E-state index contributed by atoms with van der Waals surface area (Å²) in [6.07, 6.45) is 5.39. The first-order chi connectivity index (χ1) is 7.04. The monoisotopic (exact) mass is 358 g/mol. The molecule has 0 bridgehead atoms. The molecule has 0 saturated carbocycles. The molecule has 0 nitrogen and oxygen atoms in total. The molecule has 0 aliphatic rings. The van der Waals surface area contributed by atoms with Gasteiger partial charge in [0.05, 0.1) is 0 Å². The molecule has 0 fully saturated rings. The second-order valence-electron chi connectivity index (χ2n) is 4.49. The van der Waals surface area contributed by atoms with E-state index >= 15 is 0 Å². The van der Waals surface area contributed by atoms with Crippen molar-refractivity contribution in [1.82, 2.24) is 0 Å². The normalized spacial score (nSPS) is 14.9. The van der Waals surface area contributed by atoms with Crippen molar-refractivity contribution in [3.8, 4) is 0 Å². The van der Waals surface area contributed by atoms with E-state index < -0.39 is 9.43 Å². The maximum absolute atomic E-state index is 4.32. The van der Waals surface area contributed by atoms with Gasteiger partial charge in [-0.05, 0) is 0 Å². The maximum atomic E-state index is 4.32. The molecule has 94 valence electrons. The molecule has 0 amide bonds. The summed E-state index contributed by atoms with van der Waals surface area (Å²) in [5.74, 6) is 1.36. The van der Waals surface area contributed by atoms with Gasteiger partial charge in [0.15, 0.2) is 0 Å². The van der Waals surface area contributed by atoms with Gasteiger partial charge in [0.25, 0.3) is 0 Å². The fourth-order valence-electron chi connectivity index (χ4n) is 2.32. The van der Waals surface area contributed by atoms with Crippen LogP contribution in [0.4, 0.5) is 0 Å². The molecule has 0 heterocycles. The minimum atomic E-state index is -2.14. The summed E-state index contributed by atoms with van der Waals surface area (Å²) in [4.78, 5) is 0. The summed E-state index contributed by atoms with van der Waals surface area (Å²) in [6.45, 7) is 9.34. The molecule has 0 aliphatic heterocycles. The van der Waals surface area contributed by atoms with Crippen molar-refractivity contribution in [3.63, 3.8) is 0 Å². The standard InChI is InChI=1S/C12H28AsBrS/c1-5-9-13(14,10-6-2,11-7-3)15-12-8-4/h5-12H2,1-4H3.